The largest absolute Gasteiger partial charge is 0.385 e. The van der Waals surface area contributed by atoms with Gasteiger partial charge in [-0.15, -0.1) is 23.5 Å². The van der Waals surface area contributed by atoms with Crippen molar-refractivity contribution in [2.75, 3.05) is 23.4 Å². The minimum absolute atomic E-state index is 1.14. The van der Waals surface area contributed by atoms with Gasteiger partial charge in [0.05, 0.1) is 0 Å². The Morgan fingerprint density at radius 1 is 0.938 bits per heavy atom. The van der Waals surface area contributed by atoms with E-state index < -0.39 is 0 Å². The molecule has 1 aromatic rings. The van der Waals surface area contributed by atoms with Crippen molar-refractivity contribution >= 4 is 29.2 Å². The minimum atomic E-state index is 1.14. The van der Waals surface area contributed by atoms with Gasteiger partial charge in [-0.25, -0.2) is 0 Å². The first-order valence-corrected chi connectivity index (χ1v) is 8.07. The van der Waals surface area contributed by atoms with Crippen LogP contribution < -0.4 is 5.32 Å². The Morgan fingerprint density at radius 2 is 1.75 bits per heavy atom. The molecule has 1 aromatic carbocycles. The summed E-state index contributed by atoms with van der Waals surface area (Å²) in [6, 6.07) is 4.82. The van der Waals surface area contributed by atoms with Gasteiger partial charge in [-0.2, -0.15) is 0 Å². The number of hydrogen-bond acceptors (Lipinski definition) is 3. The van der Waals surface area contributed by atoms with Gasteiger partial charge >= 0.3 is 0 Å². The number of benzene rings is 1. The van der Waals surface area contributed by atoms with Crippen LogP contribution in [0.2, 0.25) is 0 Å². The van der Waals surface area contributed by atoms with Crippen molar-refractivity contribution in [2.24, 2.45) is 0 Å². The quantitative estimate of drug-likeness (QED) is 0.748. The van der Waals surface area contributed by atoms with Crippen LogP contribution in [-0.2, 0) is 6.42 Å². The minimum Gasteiger partial charge on any atom is -0.385 e. The van der Waals surface area contributed by atoms with Crippen LogP contribution in [0.4, 0.5) is 5.69 Å². The van der Waals surface area contributed by atoms with Crippen molar-refractivity contribution in [1.82, 2.24) is 0 Å². The maximum absolute atomic E-state index is 3.57. The second-order valence-corrected chi connectivity index (χ2v) is 6.66. The van der Waals surface area contributed by atoms with Crippen molar-refractivity contribution in [1.29, 1.82) is 0 Å². The molecular formula is C13H17NS2. The number of rotatable bonds is 0. The molecule has 0 atom stereocenters. The van der Waals surface area contributed by atoms with Crippen LogP contribution in [-0.4, -0.2) is 18.1 Å². The molecule has 0 radical (unpaired) electrons. The highest BCUT2D eigenvalue weighted by molar-refractivity contribution is 8.03. The Morgan fingerprint density at radius 3 is 2.62 bits per heavy atom. The van der Waals surface area contributed by atoms with E-state index in [-0.39, 0.29) is 0 Å². The predicted octanol–water partition coefficient (Wildman–Crippen LogP) is 4.02. The molecule has 0 aliphatic carbocycles. The third-order valence-electron chi connectivity index (χ3n) is 3.16. The first kappa shape index (κ1) is 10.8. The van der Waals surface area contributed by atoms with Crippen LogP contribution in [0, 0.1) is 0 Å². The Kier molecular flexibility index (Phi) is 3.34. The van der Waals surface area contributed by atoms with Crippen LogP contribution in [0.15, 0.2) is 21.9 Å². The average molecular weight is 251 g/mol. The lowest BCUT2D eigenvalue weighted by Crippen LogP contribution is -2.00. The summed E-state index contributed by atoms with van der Waals surface area (Å²) in [6.45, 7) is 1.14. The lowest BCUT2D eigenvalue weighted by atomic mass is 10.1. The SMILES string of the molecule is c1c2c(cc3c1SCCCS3)NCCCC2. The molecule has 0 saturated carbocycles. The molecule has 0 spiro atoms. The number of thioether (sulfide) groups is 2. The van der Waals surface area contributed by atoms with Crippen LogP contribution in [0.5, 0.6) is 0 Å². The highest BCUT2D eigenvalue weighted by Crippen LogP contribution is 2.39. The van der Waals surface area contributed by atoms with Crippen LogP contribution >= 0.6 is 23.5 Å². The fraction of sp³-hybridized carbons (Fsp3) is 0.538. The molecule has 0 saturated heterocycles. The van der Waals surface area contributed by atoms with E-state index in [1.165, 1.54) is 58.2 Å². The summed E-state index contributed by atoms with van der Waals surface area (Å²) in [6.07, 6.45) is 5.22. The topological polar surface area (TPSA) is 12.0 Å². The Hall–Kier alpha value is -0.280. The molecule has 86 valence electrons. The summed E-state index contributed by atoms with van der Waals surface area (Å²) in [5.74, 6) is 2.56. The lowest BCUT2D eigenvalue weighted by Gasteiger charge is -2.12. The first-order chi connectivity index (χ1) is 7.93. The van der Waals surface area contributed by atoms with Gasteiger partial charge in [0, 0.05) is 22.0 Å². The third kappa shape index (κ3) is 2.21. The van der Waals surface area contributed by atoms with Crippen molar-refractivity contribution in [2.45, 2.75) is 35.5 Å². The smallest absolute Gasteiger partial charge is 0.0384 e. The highest BCUT2D eigenvalue weighted by atomic mass is 32.2. The van der Waals surface area contributed by atoms with E-state index in [1.807, 2.05) is 23.5 Å². The lowest BCUT2D eigenvalue weighted by molar-refractivity contribution is 0.784. The molecular weight excluding hydrogens is 234 g/mol. The molecule has 16 heavy (non-hydrogen) atoms. The second kappa shape index (κ2) is 4.92. The average Bonchev–Trinajstić information content (AvgIpc) is 2.64. The molecule has 0 aromatic heterocycles. The monoisotopic (exact) mass is 251 g/mol. The zero-order valence-corrected chi connectivity index (χ0v) is 11.1. The summed E-state index contributed by atoms with van der Waals surface area (Å²) in [5, 5.41) is 3.57. The molecule has 1 N–H and O–H groups in total. The molecule has 2 aliphatic rings. The molecule has 3 rings (SSSR count). The molecule has 1 nitrogen and oxygen atoms in total. The van der Waals surface area contributed by atoms with Gasteiger partial charge < -0.3 is 5.32 Å². The fourth-order valence-corrected chi connectivity index (χ4v) is 4.67. The number of aryl methyl sites for hydroxylation is 1. The maximum atomic E-state index is 3.57. The zero-order valence-electron chi connectivity index (χ0n) is 9.42. The van der Waals surface area contributed by atoms with Gasteiger partial charge in [0.25, 0.3) is 0 Å². The molecule has 2 aliphatic heterocycles. The predicted molar refractivity (Wildman–Crippen MR) is 73.9 cm³/mol. The zero-order chi connectivity index (χ0) is 10.8. The van der Waals surface area contributed by atoms with Gasteiger partial charge in [0.1, 0.15) is 0 Å². The van der Waals surface area contributed by atoms with Crippen LogP contribution in [0.1, 0.15) is 24.8 Å². The van der Waals surface area contributed by atoms with Gasteiger partial charge in [-0.05, 0) is 54.9 Å². The fourth-order valence-electron chi connectivity index (χ4n) is 2.29. The van der Waals surface area contributed by atoms with E-state index in [0.29, 0.717) is 0 Å². The standard InChI is InChI=1S/C13H17NS2/c1-2-5-14-11-9-13-12(8-10(11)4-1)15-6-3-7-16-13/h8-9,14H,1-7H2. The number of anilines is 1. The van der Waals surface area contributed by atoms with Crippen LogP contribution in [0.3, 0.4) is 0 Å². The normalized spacial score (nSPS) is 20.0. The molecule has 3 heteroatoms. The highest BCUT2D eigenvalue weighted by Gasteiger charge is 2.14. The summed E-state index contributed by atoms with van der Waals surface area (Å²) in [7, 11) is 0. The molecule has 0 fully saturated rings. The van der Waals surface area contributed by atoms with Crippen molar-refractivity contribution in [3.8, 4) is 0 Å². The first-order valence-electron chi connectivity index (χ1n) is 6.10. The van der Waals surface area contributed by atoms with E-state index in [0.717, 1.165) is 6.54 Å². The van der Waals surface area contributed by atoms with Gasteiger partial charge in [-0.1, -0.05) is 0 Å². The van der Waals surface area contributed by atoms with Gasteiger partial charge in [0.2, 0.25) is 0 Å². The molecule has 0 bridgehead atoms. The number of hydrogen-bond donors (Lipinski definition) is 1. The van der Waals surface area contributed by atoms with Crippen molar-refractivity contribution in [3.05, 3.63) is 17.7 Å². The molecule has 2 heterocycles. The van der Waals surface area contributed by atoms with Crippen LogP contribution in [0.25, 0.3) is 0 Å². The maximum Gasteiger partial charge on any atom is 0.0384 e. The Bertz CT molecular complexity index is 322. The van der Waals surface area contributed by atoms with E-state index in [1.54, 1.807) is 0 Å². The van der Waals surface area contributed by atoms with E-state index >= 15 is 0 Å². The van der Waals surface area contributed by atoms with E-state index in [2.05, 4.69) is 17.4 Å². The second-order valence-electron chi connectivity index (χ2n) is 4.39. The third-order valence-corrected chi connectivity index (χ3v) is 5.57. The summed E-state index contributed by atoms with van der Waals surface area (Å²) < 4.78 is 0. The van der Waals surface area contributed by atoms with Gasteiger partial charge in [-0.3, -0.25) is 0 Å². The summed E-state index contributed by atoms with van der Waals surface area (Å²) in [4.78, 5) is 3.01. The molecule has 0 amide bonds. The molecule has 0 unspecified atom stereocenters. The number of fused-ring (bicyclic) bond motifs is 2. The van der Waals surface area contributed by atoms with Gasteiger partial charge in [0.15, 0.2) is 0 Å². The summed E-state index contributed by atoms with van der Waals surface area (Å²) >= 11 is 4.07. The van der Waals surface area contributed by atoms with E-state index in [9.17, 15) is 0 Å². The summed E-state index contributed by atoms with van der Waals surface area (Å²) in [5.41, 5.74) is 2.93. The van der Waals surface area contributed by atoms with E-state index in [4.69, 9.17) is 0 Å². The van der Waals surface area contributed by atoms with Crippen molar-refractivity contribution in [3.63, 3.8) is 0 Å². The Labute approximate surface area is 106 Å². The number of nitrogens with one attached hydrogen (secondary N) is 1. The van der Waals surface area contributed by atoms with Crippen molar-refractivity contribution < 1.29 is 0 Å². The Balaban J connectivity index is 2.00.